The van der Waals surface area contributed by atoms with Gasteiger partial charge in [0.2, 0.25) is 0 Å². The van der Waals surface area contributed by atoms with Crippen LogP contribution in [0.25, 0.3) is 0 Å². The molecule has 4 rings (SSSR count). The smallest absolute Gasteiger partial charge is 0.262 e. The number of nitrogens with zero attached hydrogens (tertiary/aromatic N) is 1. The van der Waals surface area contributed by atoms with Crippen LogP contribution in [0.3, 0.4) is 0 Å². The lowest BCUT2D eigenvalue weighted by molar-refractivity contribution is -0.132. The van der Waals surface area contributed by atoms with Crippen molar-refractivity contribution in [1.82, 2.24) is 4.90 Å². The predicted octanol–water partition coefficient (Wildman–Crippen LogP) is 3.68. The number of ketones is 3. The number of imide groups is 1. The molecular formula is C25H22ClNO5. The highest BCUT2D eigenvalue weighted by molar-refractivity contribution is 6.31. The van der Waals surface area contributed by atoms with Gasteiger partial charge in [-0.3, -0.25) is 28.9 Å². The van der Waals surface area contributed by atoms with E-state index in [-0.39, 0.29) is 47.7 Å². The van der Waals surface area contributed by atoms with Crippen LogP contribution in [0.1, 0.15) is 63.1 Å². The van der Waals surface area contributed by atoms with E-state index in [4.69, 9.17) is 11.6 Å². The third-order valence-electron chi connectivity index (χ3n) is 6.05. The molecule has 1 unspecified atom stereocenters. The lowest BCUT2D eigenvalue weighted by Gasteiger charge is -2.27. The first-order valence-corrected chi connectivity index (χ1v) is 10.9. The van der Waals surface area contributed by atoms with Gasteiger partial charge in [0.25, 0.3) is 11.8 Å². The summed E-state index contributed by atoms with van der Waals surface area (Å²) in [4.78, 5) is 62.9. The summed E-state index contributed by atoms with van der Waals surface area (Å²) in [7, 11) is 0. The lowest BCUT2D eigenvalue weighted by Crippen LogP contribution is -2.47. The lowest BCUT2D eigenvalue weighted by atomic mass is 9.92. The van der Waals surface area contributed by atoms with Crippen LogP contribution in [0.15, 0.2) is 36.4 Å². The van der Waals surface area contributed by atoms with Crippen molar-refractivity contribution in [3.8, 4) is 0 Å². The van der Waals surface area contributed by atoms with Crippen LogP contribution in [-0.4, -0.2) is 40.1 Å². The minimum atomic E-state index is -0.882. The first-order valence-electron chi connectivity index (χ1n) is 10.6. The summed E-state index contributed by atoms with van der Waals surface area (Å²) in [6.45, 7) is 1.89. The maximum absolute atomic E-state index is 12.9. The average molecular weight is 452 g/mol. The monoisotopic (exact) mass is 451 g/mol. The molecule has 0 spiro atoms. The van der Waals surface area contributed by atoms with Gasteiger partial charge in [-0.15, -0.1) is 0 Å². The molecule has 2 aliphatic rings. The Morgan fingerprint density at radius 2 is 1.72 bits per heavy atom. The summed E-state index contributed by atoms with van der Waals surface area (Å²) in [5.41, 5.74) is 3.10. The summed E-state index contributed by atoms with van der Waals surface area (Å²) in [5, 5.41) is 0.661. The van der Waals surface area contributed by atoms with Crippen molar-refractivity contribution >= 4 is 40.8 Å². The number of benzene rings is 2. The third-order valence-corrected chi connectivity index (χ3v) is 6.47. The van der Waals surface area contributed by atoms with Crippen molar-refractivity contribution in [1.29, 1.82) is 0 Å². The fourth-order valence-corrected chi connectivity index (χ4v) is 4.41. The van der Waals surface area contributed by atoms with Gasteiger partial charge in [0, 0.05) is 24.3 Å². The number of hydrogen-bond acceptors (Lipinski definition) is 5. The number of carbonyl (C=O) groups excluding carboxylic acids is 5. The molecule has 2 aromatic rings. The summed E-state index contributed by atoms with van der Waals surface area (Å²) in [6, 6.07) is 9.58. The Morgan fingerprint density at radius 3 is 2.44 bits per heavy atom. The molecule has 7 heteroatoms. The van der Waals surface area contributed by atoms with Gasteiger partial charge < -0.3 is 0 Å². The van der Waals surface area contributed by atoms with Crippen molar-refractivity contribution < 1.29 is 24.0 Å². The molecular weight excluding hydrogens is 430 g/mol. The molecule has 0 N–H and O–H groups in total. The predicted molar refractivity (Wildman–Crippen MR) is 118 cm³/mol. The number of amides is 2. The zero-order valence-corrected chi connectivity index (χ0v) is 18.4. The van der Waals surface area contributed by atoms with E-state index in [9.17, 15) is 24.0 Å². The van der Waals surface area contributed by atoms with Crippen LogP contribution in [0.5, 0.6) is 0 Å². The van der Waals surface area contributed by atoms with Crippen LogP contribution < -0.4 is 0 Å². The first kappa shape index (κ1) is 22.1. The van der Waals surface area contributed by atoms with E-state index < -0.39 is 17.9 Å². The first-order chi connectivity index (χ1) is 15.2. The molecule has 6 nitrogen and oxygen atoms in total. The molecule has 164 valence electrons. The molecule has 0 aromatic heterocycles. The molecule has 1 aliphatic carbocycles. The van der Waals surface area contributed by atoms with Crippen molar-refractivity contribution in [2.24, 2.45) is 0 Å². The molecule has 32 heavy (non-hydrogen) atoms. The molecule has 1 heterocycles. The fourth-order valence-electron chi connectivity index (χ4n) is 4.29. The maximum atomic E-state index is 12.9. The molecule has 0 bridgehead atoms. The van der Waals surface area contributed by atoms with Crippen LogP contribution in [-0.2, 0) is 27.2 Å². The Bertz CT molecular complexity index is 1170. The quantitative estimate of drug-likeness (QED) is 0.493. The Kier molecular flexibility index (Phi) is 6.07. The Hall–Kier alpha value is -3.12. The van der Waals surface area contributed by atoms with E-state index in [1.165, 1.54) is 0 Å². The average Bonchev–Trinajstić information content (AvgIpc) is 2.99. The van der Waals surface area contributed by atoms with E-state index in [1.807, 2.05) is 19.1 Å². The highest BCUT2D eigenvalue weighted by Crippen LogP contribution is 2.30. The third kappa shape index (κ3) is 4.28. The fraction of sp³-hybridized carbons (Fsp3) is 0.320. The van der Waals surface area contributed by atoms with Crippen LogP contribution in [0.4, 0.5) is 0 Å². The zero-order chi connectivity index (χ0) is 23.0. The number of fused-ring (bicyclic) bond motifs is 1. The Labute approximate surface area is 190 Å². The number of aryl methyl sites for hydroxylation is 2. The van der Waals surface area contributed by atoms with Gasteiger partial charge in [-0.05, 0) is 54.7 Å². The zero-order valence-electron chi connectivity index (χ0n) is 17.7. The molecule has 2 aromatic carbocycles. The number of rotatable bonds is 6. The number of Topliss-reactive ketones (excluding diaryl/α,β-unsaturated/α-hetero) is 3. The van der Waals surface area contributed by atoms with Gasteiger partial charge in [0.05, 0.1) is 23.6 Å². The molecule has 1 fully saturated rings. The van der Waals surface area contributed by atoms with Gasteiger partial charge in [-0.1, -0.05) is 29.8 Å². The molecule has 1 saturated carbocycles. The van der Waals surface area contributed by atoms with Gasteiger partial charge >= 0.3 is 0 Å². The summed E-state index contributed by atoms with van der Waals surface area (Å²) < 4.78 is 0. The standard InChI is InChI=1S/C25H22ClNO5/c1-14-10-16(4-8-21(14)26)11-17(28)5-2-15-3-7-19-20(12-15)25(32)27(24(19)31)22-9-6-18(29)13-23(22)30/h3-4,7-8,10,12,22H,2,5-6,9,11,13H2,1H3. The van der Waals surface area contributed by atoms with Gasteiger partial charge in [0.1, 0.15) is 11.6 Å². The van der Waals surface area contributed by atoms with E-state index in [0.717, 1.165) is 21.6 Å². The van der Waals surface area contributed by atoms with E-state index in [1.54, 1.807) is 24.3 Å². The van der Waals surface area contributed by atoms with Crippen molar-refractivity contribution in [3.63, 3.8) is 0 Å². The second-order valence-electron chi connectivity index (χ2n) is 8.40. The minimum absolute atomic E-state index is 0.0636. The van der Waals surface area contributed by atoms with Crippen molar-refractivity contribution in [3.05, 3.63) is 69.2 Å². The molecule has 0 saturated heterocycles. The molecule has 0 radical (unpaired) electrons. The second kappa shape index (κ2) is 8.79. The highest BCUT2D eigenvalue weighted by Gasteiger charge is 2.44. The van der Waals surface area contributed by atoms with Crippen LogP contribution >= 0.6 is 11.6 Å². The van der Waals surface area contributed by atoms with E-state index in [0.29, 0.717) is 24.3 Å². The van der Waals surface area contributed by atoms with Crippen LogP contribution in [0, 0.1) is 6.92 Å². The maximum Gasteiger partial charge on any atom is 0.262 e. The van der Waals surface area contributed by atoms with Crippen molar-refractivity contribution in [2.45, 2.75) is 51.5 Å². The van der Waals surface area contributed by atoms with E-state index in [2.05, 4.69) is 0 Å². The van der Waals surface area contributed by atoms with Gasteiger partial charge in [-0.25, -0.2) is 0 Å². The summed E-state index contributed by atoms with van der Waals surface area (Å²) in [6.07, 6.45) is 1.17. The highest BCUT2D eigenvalue weighted by atomic mass is 35.5. The second-order valence-corrected chi connectivity index (χ2v) is 8.80. The SMILES string of the molecule is Cc1cc(CC(=O)CCc2ccc3c(c2)C(=O)N(C2CCC(=O)CC2=O)C3=O)ccc1Cl. The molecule has 1 aliphatic heterocycles. The Balaban J connectivity index is 1.43. The number of halogens is 1. The minimum Gasteiger partial charge on any atom is -0.299 e. The summed E-state index contributed by atoms with van der Waals surface area (Å²) in [5.74, 6) is -1.50. The largest absolute Gasteiger partial charge is 0.299 e. The molecule has 1 atom stereocenters. The van der Waals surface area contributed by atoms with Gasteiger partial charge in [-0.2, -0.15) is 0 Å². The number of carbonyl (C=O) groups is 5. The normalized spacial score (nSPS) is 18.3. The Morgan fingerprint density at radius 1 is 1.00 bits per heavy atom. The molecule has 2 amide bonds. The van der Waals surface area contributed by atoms with Crippen LogP contribution in [0.2, 0.25) is 5.02 Å². The summed E-state index contributed by atoms with van der Waals surface area (Å²) >= 11 is 6.03. The van der Waals surface area contributed by atoms with Crippen molar-refractivity contribution in [2.75, 3.05) is 0 Å². The topological polar surface area (TPSA) is 88.6 Å². The van der Waals surface area contributed by atoms with E-state index >= 15 is 0 Å². The number of hydrogen-bond donors (Lipinski definition) is 0. The van der Waals surface area contributed by atoms with Gasteiger partial charge in [0.15, 0.2) is 5.78 Å².